The zero-order valence-electron chi connectivity index (χ0n) is 26.1. The molecule has 0 saturated carbocycles. The Morgan fingerprint density at radius 1 is 0.755 bits per heavy atom. The van der Waals surface area contributed by atoms with Crippen LogP contribution in [0, 0.1) is 35.1 Å². The maximum Gasteiger partial charge on any atom is 0.378 e. The number of aromatic nitrogens is 6. The molecule has 0 saturated heterocycles. The summed E-state index contributed by atoms with van der Waals surface area (Å²) >= 11 is 0. The molecule has 49 heavy (non-hydrogen) atoms. The molecule has 0 unspecified atom stereocenters. The average molecular weight is 749 g/mol. The van der Waals surface area contributed by atoms with E-state index in [1.54, 1.807) is 13.8 Å². The van der Waals surface area contributed by atoms with Crippen LogP contribution in [0.15, 0.2) is 61.7 Å². The minimum absolute atomic E-state index is 0. The fourth-order valence-corrected chi connectivity index (χ4v) is 6.14. The molecule has 2 aromatic carbocycles. The van der Waals surface area contributed by atoms with Gasteiger partial charge in [-0.15, -0.1) is 12.4 Å². The lowest BCUT2D eigenvalue weighted by molar-refractivity contribution is -0.0465. The predicted octanol–water partition coefficient (Wildman–Crippen LogP) is 6.03. The van der Waals surface area contributed by atoms with Gasteiger partial charge in [-0.2, -0.15) is 10.2 Å². The van der Waals surface area contributed by atoms with E-state index in [1.165, 1.54) is 34.7 Å². The molecule has 0 amide bonds. The first-order chi connectivity index (χ1) is 22.8. The molecule has 0 spiro atoms. The summed E-state index contributed by atoms with van der Waals surface area (Å²) in [6.07, 6.45) is 5.27. The van der Waals surface area contributed by atoms with Crippen LogP contribution in [0.3, 0.4) is 0 Å². The van der Waals surface area contributed by atoms with Crippen LogP contribution in [0.1, 0.15) is 37.8 Å². The number of carbonyl (C=O) groups excluding carboxylic acids is 2. The topological polar surface area (TPSA) is 154 Å². The van der Waals surface area contributed by atoms with Gasteiger partial charge < -0.3 is 19.7 Å². The molecule has 0 aliphatic carbocycles. The van der Waals surface area contributed by atoms with Gasteiger partial charge in [-0.1, -0.05) is 26.0 Å². The number of benzene rings is 2. The standard InChI is InChI=1S/C30H32F4N6O6S2.ClH/c1-19(29(43,13-39-17-35-15-37-39)23-5-3-21(31)11-25(23)33)7-9-45-27(41)47-48-28(42)46-10-8-20(2)30(44,14-40-18-36-16-38-40)24-6-4-22(32)12-26(24)34;/h3-6,11-12,15-20,43-44H,7-10,13-14H2,1-2H3;1H/t19-,20-,29-,30-;/m1./s1. The van der Waals surface area contributed by atoms with E-state index in [4.69, 9.17) is 9.47 Å². The maximum absolute atomic E-state index is 14.7. The van der Waals surface area contributed by atoms with Crippen LogP contribution in [0.4, 0.5) is 27.2 Å². The first kappa shape index (κ1) is 39.7. The molecule has 4 atom stereocenters. The fraction of sp³-hybridized carbons (Fsp3) is 0.400. The van der Waals surface area contributed by atoms with Crippen molar-refractivity contribution in [3.63, 3.8) is 0 Å². The molecule has 0 bridgehead atoms. The van der Waals surface area contributed by atoms with Crippen molar-refractivity contribution in [2.45, 2.75) is 51.0 Å². The van der Waals surface area contributed by atoms with Gasteiger partial charge in [0, 0.05) is 44.8 Å². The largest absolute Gasteiger partial charge is 0.457 e. The van der Waals surface area contributed by atoms with Crippen LogP contribution in [0.5, 0.6) is 0 Å². The van der Waals surface area contributed by atoms with Crippen molar-refractivity contribution in [3.05, 3.63) is 96.1 Å². The van der Waals surface area contributed by atoms with Crippen molar-refractivity contribution in [1.29, 1.82) is 0 Å². The summed E-state index contributed by atoms with van der Waals surface area (Å²) in [5, 5.41) is 29.3. The second-order valence-electron chi connectivity index (χ2n) is 11.0. The molecule has 19 heteroatoms. The highest BCUT2D eigenvalue weighted by molar-refractivity contribution is 8.86. The Hall–Kier alpha value is -3.71. The zero-order chi connectivity index (χ0) is 34.9. The number of aliphatic hydroxyl groups is 2. The van der Waals surface area contributed by atoms with Gasteiger partial charge in [0.05, 0.1) is 26.3 Å². The third-order valence-electron chi connectivity index (χ3n) is 7.88. The van der Waals surface area contributed by atoms with Crippen LogP contribution >= 0.6 is 34.0 Å². The summed E-state index contributed by atoms with van der Waals surface area (Å²) in [5.41, 5.74) is -4.07. The molecule has 2 N–H and O–H groups in total. The Labute approximate surface area is 292 Å². The van der Waals surface area contributed by atoms with Crippen molar-refractivity contribution in [2.24, 2.45) is 11.8 Å². The van der Waals surface area contributed by atoms with Gasteiger partial charge in [0.25, 0.3) is 0 Å². The summed E-state index contributed by atoms with van der Waals surface area (Å²) in [5.74, 6) is -4.97. The molecule has 0 radical (unpaired) electrons. The molecule has 2 aromatic heterocycles. The van der Waals surface area contributed by atoms with Crippen LogP contribution in [0.25, 0.3) is 0 Å². The lowest BCUT2D eigenvalue weighted by atomic mass is 9.80. The first-order valence-electron chi connectivity index (χ1n) is 14.5. The normalized spacial score (nSPS) is 14.9. The highest BCUT2D eigenvalue weighted by Gasteiger charge is 2.40. The summed E-state index contributed by atoms with van der Waals surface area (Å²) in [4.78, 5) is 32.2. The third-order valence-corrected chi connectivity index (χ3v) is 9.54. The van der Waals surface area contributed by atoms with E-state index in [0.29, 0.717) is 33.7 Å². The zero-order valence-corrected chi connectivity index (χ0v) is 28.6. The molecule has 0 aliphatic rings. The van der Waals surface area contributed by atoms with Crippen molar-refractivity contribution in [3.8, 4) is 0 Å². The smallest absolute Gasteiger partial charge is 0.378 e. The van der Waals surface area contributed by atoms with E-state index in [-0.39, 0.29) is 62.7 Å². The predicted molar refractivity (Wildman–Crippen MR) is 173 cm³/mol. The molecule has 12 nitrogen and oxygen atoms in total. The van der Waals surface area contributed by atoms with Crippen LogP contribution in [-0.2, 0) is 33.8 Å². The summed E-state index contributed by atoms with van der Waals surface area (Å²) < 4.78 is 69.5. The van der Waals surface area contributed by atoms with Gasteiger partial charge in [0.1, 0.15) is 59.8 Å². The highest BCUT2D eigenvalue weighted by atomic mass is 35.5. The van der Waals surface area contributed by atoms with Crippen molar-refractivity contribution < 1.29 is 46.8 Å². The monoisotopic (exact) mass is 748 g/mol. The fourth-order valence-electron chi connectivity index (χ4n) is 5.05. The van der Waals surface area contributed by atoms with Crippen LogP contribution < -0.4 is 0 Å². The van der Waals surface area contributed by atoms with E-state index < -0.39 is 56.9 Å². The maximum atomic E-state index is 14.7. The Balaban J connectivity index is 0.00000650. The van der Waals surface area contributed by atoms with Gasteiger partial charge in [0.2, 0.25) is 0 Å². The Kier molecular flexibility index (Phi) is 14.4. The van der Waals surface area contributed by atoms with E-state index in [9.17, 15) is 37.4 Å². The number of hydrogen-bond donors (Lipinski definition) is 2. The molecule has 266 valence electrons. The lowest BCUT2D eigenvalue weighted by Gasteiger charge is -2.34. The van der Waals surface area contributed by atoms with Gasteiger partial charge in [0.15, 0.2) is 0 Å². The average Bonchev–Trinajstić information content (AvgIpc) is 3.74. The number of nitrogens with zero attached hydrogens (tertiary/aromatic N) is 6. The molecular formula is C30H33ClF4N6O6S2. The van der Waals surface area contributed by atoms with Crippen molar-refractivity contribution >= 4 is 44.6 Å². The number of rotatable bonds is 14. The van der Waals surface area contributed by atoms with E-state index >= 15 is 0 Å². The number of ether oxygens (including phenoxy) is 2. The molecule has 4 aromatic rings. The lowest BCUT2D eigenvalue weighted by Crippen LogP contribution is -2.40. The Morgan fingerprint density at radius 2 is 1.14 bits per heavy atom. The Bertz CT molecular complexity index is 1560. The number of carbonyl (C=O) groups is 2. The van der Waals surface area contributed by atoms with Crippen LogP contribution in [0.2, 0.25) is 0 Å². The van der Waals surface area contributed by atoms with Crippen molar-refractivity contribution in [2.75, 3.05) is 13.2 Å². The van der Waals surface area contributed by atoms with E-state index in [0.717, 1.165) is 24.3 Å². The van der Waals surface area contributed by atoms with E-state index in [1.807, 2.05) is 0 Å². The quantitative estimate of drug-likeness (QED) is 0.0879. The summed E-state index contributed by atoms with van der Waals surface area (Å²) in [7, 11) is 0.913. The van der Waals surface area contributed by atoms with Gasteiger partial charge in [-0.3, -0.25) is 0 Å². The number of hydrogen-bond acceptors (Lipinski definition) is 12. The van der Waals surface area contributed by atoms with Gasteiger partial charge in [-0.25, -0.2) is 46.5 Å². The number of halogens is 5. The van der Waals surface area contributed by atoms with Gasteiger partial charge >= 0.3 is 10.6 Å². The van der Waals surface area contributed by atoms with Crippen molar-refractivity contribution in [1.82, 2.24) is 29.5 Å². The summed E-state index contributed by atoms with van der Waals surface area (Å²) in [6, 6.07) is 5.65. The molecule has 2 heterocycles. The van der Waals surface area contributed by atoms with Gasteiger partial charge in [-0.05, 0) is 36.8 Å². The van der Waals surface area contributed by atoms with Crippen LogP contribution in [-0.4, -0.2) is 63.6 Å². The first-order valence-corrected chi connectivity index (χ1v) is 16.7. The Morgan fingerprint density at radius 3 is 1.47 bits per heavy atom. The SMILES string of the molecule is C[C@H](CCOC(=O)SSC(=O)OCC[C@@H](C)[C@](O)(Cn1cncn1)c1ccc(F)cc1F)[C@](O)(Cn1cncn1)c1ccc(F)cc1F.Cl. The molecular weight excluding hydrogens is 716 g/mol. The second-order valence-corrected chi connectivity index (χ2v) is 13.0. The molecule has 0 fully saturated rings. The molecule has 0 aliphatic heterocycles. The highest BCUT2D eigenvalue weighted by Crippen LogP contribution is 2.37. The van der Waals surface area contributed by atoms with E-state index in [2.05, 4.69) is 20.2 Å². The summed E-state index contributed by atoms with van der Waals surface area (Å²) in [6.45, 7) is 2.38. The minimum Gasteiger partial charge on any atom is -0.457 e. The third kappa shape index (κ3) is 10.4. The molecule has 4 rings (SSSR count). The second kappa shape index (κ2) is 17.8. The minimum atomic E-state index is -1.87.